The number of imide groups is 1. The summed E-state index contributed by atoms with van der Waals surface area (Å²) in [6, 6.07) is -0.424. The van der Waals surface area contributed by atoms with E-state index in [1.165, 1.54) is 0 Å². The Hall–Kier alpha value is -1.43. The molecular formula is C9H12N2O4. The van der Waals surface area contributed by atoms with Gasteiger partial charge >= 0.3 is 6.03 Å². The molecule has 0 aromatic carbocycles. The summed E-state index contributed by atoms with van der Waals surface area (Å²) in [6.07, 6.45) is 1.38. The molecule has 2 aliphatic heterocycles. The zero-order chi connectivity index (χ0) is 10.9. The highest BCUT2D eigenvalue weighted by molar-refractivity contribution is 6.07. The molecule has 0 saturated carbocycles. The van der Waals surface area contributed by atoms with Crippen molar-refractivity contribution in [1.29, 1.82) is 0 Å². The number of ether oxygens (including phenoxy) is 1. The van der Waals surface area contributed by atoms with Crippen molar-refractivity contribution in [3.63, 3.8) is 0 Å². The maximum absolute atomic E-state index is 11.9. The van der Waals surface area contributed by atoms with E-state index in [9.17, 15) is 14.4 Å². The highest BCUT2D eigenvalue weighted by atomic mass is 16.5. The minimum Gasteiger partial charge on any atom is -0.378 e. The van der Waals surface area contributed by atoms with Gasteiger partial charge in [0.1, 0.15) is 11.8 Å². The molecule has 0 aliphatic carbocycles. The average Bonchev–Trinajstić information content (AvgIpc) is 2.75. The van der Waals surface area contributed by atoms with E-state index in [-0.39, 0.29) is 25.5 Å². The molecule has 0 radical (unpaired) electrons. The van der Waals surface area contributed by atoms with E-state index in [2.05, 4.69) is 5.32 Å². The summed E-state index contributed by atoms with van der Waals surface area (Å²) in [6.45, 7) is 0.860. The fraction of sp³-hybridized carbons (Fsp3) is 0.667. The van der Waals surface area contributed by atoms with Crippen LogP contribution in [0.5, 0.6) is 0 Å². The first-order valence-electron chi connectivity index (χ1n) is 4.85. The van der Waals surface area contributed by atoms with Crippen molar-refractivity contribution in [2.45, 2.75) is 18.4 Å². The van der Waals surface area contributed by atoms with Crippen molar-refractivity contribution in [3.05, 3.63) is 0 Å². The largest absolute Gasteiger partial charge is 0.378 e. The van der Waals surface area contributed by atoms with Crippen LogP contribution in [-0.2, 0) is 14.3 Å². The maximum atomic E-state index is 11.9. The van der Waals surface area contributed by atoms with Crippen molar-refractivity contribution >= 4 is 18.2 Å². The zero-order valence-corrected chi connectivity index (χ0v) is 8.19. The third-order valence-corrected chi connectivity index (χ3v) is 2.74. The molecule has 6 heteroatoms. The van der Waals surface area contributed by atoms with Crippen LogP contribution in [0.1, 0.15) is 12.8 Å². The van der Waals surface area contributed by atoms with Gasteiger partial charge in [0.25, 0.3) is 5.91 Å². The first-order valence-corrected chi connectivity index (χ1v) is 4.85. The van der Waals surface area contributed by atoms with Crippen LogP contribution in [0.2, 0.25) is 0 Å². The smallest absolute Gasteiger partial charge is 0.325 e. The van der Waals surface area contributed by atoms with Gasteiger partial charge in [0.05, 0.1) is 6.61 Å². The first-order chi connectivity index (χ1) is 7.19. The normalized spacial score (nSPS) is 30.0. The van der Waals surface area contributed by atoms with Gasteiger partial charge in [0.2, 0.25) is 0 Å². The lowest BCUT2D eigenvalue weighted by atomic mass is 9.99. The number of hydrogen-bond acceptors (Lipinski definition) is 4. The number of aldehydes is 1. The fourth-order valence-corrected chi connectivity index (χ4v) is 1.89. The molecular weight excluding hydrogens is 200 g/mol. The predicted octanol–water partition coefficient (Wildman–Crippen LogP) is -0.714. The second kappa shape index (κ2) is 3.62. The molecule has 2 heterocycles. The number of urea groups is 1. The van der Waals surface area contributed by atoms with Crippen LogP contribution in [-0.4, -0.2) is 48.4 Å². The Morgan fingerprint density at radius 1 is 1.53 bits per heavy atom. The van der Waals surface area contributed by atoms with Crippen LogP contribution in [0, 0.1) is 0 Å². The van der Waals surface area contributed by atoms with Crippen molar-refractivity contribution < 1.29 is 19.1 Å². The molecule has 0 bridgehead atoms. The van der Waals surface area contributed by atoms with Crippen LogP contribution >= 0.6 is 0 Å². The number of carbonyl (C=O) groups excluding carboxylic acids is 3. The van der Waals surface area contributed by atoms with Gasteiger partial charge < -0.3 is 14.8 Å². The van der Waals surface area contributed by atoms with Crippen LogP contribution in [0.25, 0.3) is 0 Å². The monoisotopic (exact) mass is 212 g/mol. The van der Waals surface area contributed by atoms with Crippen molar-refractivity contribution in [1.82, 2.24) is 10.2 Å². The Bertz CT molecular complexity index is 309. The Balaban J connectivity index is 2.11. The third-order valence-electron chi connectivity index (χ3n) is 2.74. The van der Waals surface area contributed by atoms with Gasteiger partial charge in [-0.05, 0) is 0 Å². The van der Waals surface area contributed by atoms with Gasteiger partial charge in [-0.25, -0.2) is 4.79 Å². The summed E-state index contributed by atoms with van der Waals surface area (Å²) in [5.74, 6) is -0.271. The predicted molar refractivity (Wildman–Crippen MR) is 49.1 cm³/mol. The maximum Gasteiger partial charge on any atom is 0.325 e. The molecule has 1 spiro atoms. The molecule has 82 valence electrons. The molecule has 1 N–H and O–H groups in total. The van der Waals surface area contributed by atoms with Gasteiger partial charge in [-0.1, -0.05) is 0 Å². The summed E-state index contributed by atoms with van der Waals surface area (Å²) in [4.78, 5) is 34.6. The highest BCUT2D eigenvalue weighted by Crippen LogP contribution is 2.26. The van der Waals surface area contributed by atoms with E-state index in [1.54, 1.807) is 0 Å². The fourth-order valence-electron chi connectivity index (χ4n) is 1.89. The Labute approximate surface area is 86.6 Å². The second-order valence-corrected chi connectivity index (χ2v) is 3.73. The van der Waals surface area contributed by atoms with Crippen LogP contribution < -0.4 is 5.32 Å². The Kier molecular flexibility index (Phi) is 2.44. The summed E-state index contributed by atoms with van der Waals surface area (Å²) >= 11 is 0. The van der Waals surface area contributed by atoms with Crippen molar-refractivity contribution in [3.8, 4) is 0 Å². The number of hydrogen-bond donors (Lipinski definition) is 1. The number of carbonyl (C=O) groups is 3. The van der Waals surface area contributed by atoms with E-state index in [0.717, 1.165) is 4.90 Å². The molecule has 6 nitrogen and oxygen atoms in total. The average molecular weight is 212 g/mol. The SMILES string of the molecule is O=CCCN1C(=O)NC2(CCOC2)C1=O. The standard InChI is InChI=1S/C9H12N2O4/c12-4-1-3-11-7(13)9(10-8(11)14)2-5-15-6-9/h4H,1-3,5-6H2,(H,10,14). The number of rotatable bonds is 3. The number of nitrogens with zero attached hydrogens (tertiary/aromatic N) is 1. The molecule has 0 aromatic rings. The summed E-state index contributed by atoms with van der Waals surface area (Å²) in [7, 11) is 0. The molecule has 2 saturated heterocycles. The van der Waals surface area contributed by atoms with E-state index in [0.29, 0.717) is 19.3 Å². The van der Waals surface area contributed by atoms with Gasteiger partial charge in [-0.15, -0.1) is 0 Å². The molecule has 2 fully saturated rings. The molecule has 1 unspecified atom stereocenters. The highest BCUT2D eigenvalue weighted by Gasteiger charge is 2.53. The number of amides is 3. The molecule has 1 atom stereocenters. The Morgan fingerprint density at radius 3 is 2.93 bits per heavy atom. The lowest BCUT2D eigenvalue weighted by Crippen LogP contribution is -2.47. The zero-order valence-electron chi connectivity index (χ0n) is 8.19. The summed E-state index contributed by atoms with van der Waals surface area (Å²) < 4.78 is 5.12. The minimum absolute atomic E-state index is 0.149. The third kappa shape index (κ3) is 1.50. The van der Waals surface area contributed by atoms with Gasteiger partial charge in [0, 0.05) is 26.0 Å². The quantitative estimate of drug-likeness (QED) is 0.495. The lowest BCUT2D eigenvalue weighted by molar-refractivity contribution is -0.131. The van der Waals surface area contributed by atoms with Crippen LogP contribution in [0.3, 0.4) is 0 Å². The van der Waals surface area contributed by atoms with Gasteiger partial charge in [-0.3, -0.25) is 9.69 Å². The van der Waals surface area contributed by atoms with Crippen LogP contribution in [0.4, 0.5) is 4.79 Å². The topological polar surface area (TPSA) is 75.7 Å². The van der Waals surface area contributed by atoms with E-state index in [4.69, 9.17) is 4.74 Å². The molecule has 0 aromatic heterocycles. The number of nitrogens with one attached hydrogen (secondary N) is 1. The molecule has 3 amide bonds. The first kappa shape index (κ1) is 10.1. The second-order valence-electron chi connectivity index (χ2n) is 3.73. The minimum atomic E-state index is -0.861. The molecule has 15 heavy (non-hydrogen) atoms. The van der Waals surface area contributed by atoms with E-state index in [1.807, 2.05) is 0 Å². The van der Waals surface area contributed by atoms with E-state index < -0.39 is 11.6 Å². The summed E-state index contributed by atoms with van der Waals surface area (Å²) in [5.41, 5.74) is -0.861. The van der Waals surface area contributed by atoms with Crippen molar-refractivity contribution in [2.24, 2.45) is 0 Å². The molecule has 2 rings (SSSR count). The molecule has 2 aliphatic rings. The van der Waals surface area contributed by atoms with Crippen molar-refractivity contribution in [2.75, 3.05) is 19.8 Å². The Morgan fingerprint density at radius 2 is 2.33 bits per heavy atom. The van der Waals surface area contributed by atoms with Crippen LogP contribution in [0.15, 0.2) is 0 Å². The van der Waals surface area contributed by atoms with Gasteiger partial charge in [-0.2, -0.15) is 0 Å². The summed E-state index contributed by atoms with van der Waals surface area (Å²) in [5, 5.41) is 2.63. The lowest BCUT2D eigenvalue weighted by Gasteiger charge is -2.17. The van der Waals surface area contributed by atoms with Gasteiger partial charge in [0.15, 0.2) is 0 Å². The van der Waals surface area contributed by atoms with E-state index >= 15 is 0 Å².